The fourth-order valence-corrected chi connectivity index (χ4v) is 2.72. The van der Waals surface area contributed by atoms with Crippen molar-refractivity contribution in [2.75, 3.05) is 5.73 Å². The quantitative estimate of drug-likeness (QED) is 0.613. The number of pyridine rings is 1. The molecule has 0 aliphatic heterocycles. The van der Waals surface area contributed by atoms with E-state index in [1.165, 1.54) is 35.1 Å². The molecule has 3 rings (SSSR count). The summed E-state index contributed by atoms with van der Waals surface area (Å²) in [6, 6.07) is 10.3. The number of benzene rings is 1. The average Bonchev–Trinajstić information content (AvgIpc) is 2.41. The van der Waals surface area contributed by atoms with Gasteiger partial charge in [-0.15, -0.1) is 0 Å². The first kappa shape index (κ1) is 12.0. The van der Waals surface area contributed by atoms with Crippen molar-refractivity contribution >= 4 is 17.3 Å². The number of fused-ring (bicyclic) bond motifs is 1. The topological polar surface area (TPSA) is 29.9 Å². The molecule has 0 fully saturated rings. The van der Waals surface area contributed by atoms with Gasteiger partial charge in [-0.2, -0.15) is 0 Å². The van der Waals surface area contributed by atoms with Gasteiger partial charge in [0.15, 0.2) is 12.4 Å². The van der Waals surface area contributed by atoms with Crippen molar-refractivity contribution in [1.82, 2.24) is 0 Å². The van der Waals surface area contributed by atoms with Crippen molar-refractivity contribution < 1.29 is 4.57 Å². The lowest BCUT2D eigenvalue weighted by atomic mass is 9.87. The van der Waals surface area contributed by atoms with Crippen molar-refractivity contribution in [2.45, 2.75) is 19.3 Å². The third-order valence-electron chi connectivity index (χ3n) is 3.70. The Morgan fingerprint density at radius 3 is 2.68 bits per heavy atom. The maximum absolute atomic E-state index is 5.73. The maximum atomic E-state index is 5.73. The van der Waals surface area contributed by atoms with Crippen LogP contribution in [0.5, 0.6) is 0 Å². The molecule has 2 nitrogen and oxygen atoms in total. The Morgan fingerprint density at radius 2 is 1.89 bits per heavy atom. The molecule has 2 aromatic rings. The van der Waals surface area contributed by atoms with Gasteiger partial charge in [0.05, 0.1) is 0 Å². The third-order valence-corrected chi connectivity index (χ3v) is 3.70. The summed E-state index contributed by atoms with van der Waals surface area (Å²) in [5.41, 5.74) is 12.1. The number of hydrogen-bond acceptors (Lipinski definition) is 1. The Hall–Kier alpha value is -2.09. The van der Waals surface area contributed by atoms with Crippen molar-refractivity contribution in [2.24, 2.45) is 7.05 Å². The van der Waals surface area contributed by atoms with Gasteiger partial charge in [0.1, 0.15) is 7.05 Å². The molecule has 2 heteroatoms. The van der Waals surface area contributed by atoms with E-state index >= 15 is 0 Å². The summed E-state index contributed by atoms with van der Waals surface area (Å²) in [4.78, 5) is 0. The second kappa shape index (κ2) is 4.88. The van der Waals surface area contributed by atoms with E-state index in [0.717, 1.165) is 12.1 Å². The lowest BCUT2D eigenvalue weighted by molar-refractivity contribution is -0.672. The minimum Gasteiger partial charge on any atom is -0.399 e. The summed E-state index contributed by atoms with van der Waals surface area (Å²) < 4.78 is 2.13. The number of nitrogens with zero attached hydrogens (tertiary/aromatic N) is 1. The van der Waals surface area contributed by atoms with Crippen LogP contribution in [0.3, 0.4) is 0 Å². The Labute approximate surface area is 114 Å². The van der Waals surface area contributed by atoms with E-state index in [1.807, 2.05) is 12.1 Å². The van der Waals surface area contributed by atoms with Gasteiger partial charge in [-0.25, -0.2) is 4.57 Å². The molecule has 0 spiro atoms. The van der Waals surface area contributed by atoms with Gasteiger partial charge < -0.3 is 5.73 Å². The van der Waals surface area contributed by atoms with Crippen LogP contribution in [0.1, 0.15) is 29.5 Å². The number of aromatic nitrogens is 1. The normalized spacial score (nSPS) is 16.4. The van der Waals surface area contributed by atoms with Crippen molar-refractivity contribution in [1.29, 1.82) is 0 Å². The molecule has 1 aliphatic rings. The molecule has 19 heavy (non-hydrogen) atoms. The number of nitrogen functional groups attached to an aromatic ring is 1. The predicted octanol–water partition coefficient (Wildman–Crippen LogP) is 2.97. The number of hydrogen-bond donors (Lipinski definition) is 1. The summed E-state index contributed by atoms with van der Waals surface area (Å²) in [7, 11) is 2.08. The molecule has 1 aromatic heterocycles. The van der Waals surface area contributed by atoms with Gasteiger partial charge in [-0.3, -0.25) is 0 Å². The van der Waals surface area contributed by atoms with Crippen molar-refractivity contribution in [3.63, 3.8) is 0 Å². The second-order valence-electron chi connectivity index (χ2n) is 5.24. The highest BCUT2D eigenvalue weighted by Crippen LogP contribution is 2.31. The summed E-state index contributed by atoms with van der Waals surface area (Å²) >= 11 is 0. The number of nitrogens with two attached hydrogens (primary N) is 1. The first-order valence-corrected chi connectivity index (χ1v) is 6.77. The van der Waals surface area contributed by atoms with Gasteiger partial charge in [-0.1, -0.05) is 18.2 Å². The molecule has 0 saturated carbocycles. The van der Waals surface area contributed by atoms with Crippen LogP contribution < -0.4 is 10.3 Å². The minimum absolute atomic E-state index is 0.818. The van der Waals surface area contributed by atoms with E-state index in [1.54, 1.807) is 0 Å². The minimum atomic E-state index is 0.818. The largest absolute Gasteiger partial charge is 0.399 e. The Kier molecular flexibility index (Phi) is 3.08. The van der Waals surface area contributed by atoms with Gasteiger partial charge in [0.25, 0.3) is 0 Å². The Balaban J connectivity index is 2.01. The van der Waals surface area contributed by atoms with Crippen molar-refractivity contribution in [3.8, 4) is 0 Å². The average molecular weight is 251 g/mol. The zero-order chi connectivity index (χ0) is 13.2. The summed E-state index contributed by atoms with van der Waals surface area (Å²) in [6.45, 7) is 0. The predicted molar refractivity (Wildman–Crippen MR) is 79.3 cm³/mol. The van der Waals surface area contributed by atoms with E-state index in [0.29, 0.717) is 0 Å². The highest BCUT2D eigenvalue weighted by molar-refractivity contribution is 5.83. The van der Waals surface area contributed by atoms with Crippen LogP contribution in [0.2, 0.25) is 0 Å². The van der Waals surface area contributed by atoms with Crippen LogP contribution >= 0.6 is 0 Å². The molecule has 1 aromatic carbocycles. The molecule has 0 amide bonds. The number of rotatable bonds is 1. The smallest absolute Gasteiger partial charge is 0.172 e. The molecule has 0 bridgehead atoms. The Morgan fingerprint density at radius 1 is 1.11 bits per heavy atom. The van der Waals surface area contributed by atoms with Crippen LogP contribution in [0.25, 0.3) is 11.6 Å². The fraction of sp³-hybridized carbons (Fsp3) is 0.235. The molecule has 1 heterocycles. The molecule has 0 unspecified atom stereocenters. The number of anilines is 1. The van der Waals surface area contributed by atoms with Crippen molar-refractivity contribution in [3.05, 3.63) is 59.4 Å². The standard InChI is InChI=1S/C17H18N2/c1-19-10-9-17-14(3-2-4-15(17)12-19)11-13-5-7-16(18)8-6-13/h5-12,18H,2-4H2,1H3/p+1. The zero-order valence-corrected chi connectivity index (χ0v) is 11.3. The molecule has 0 atom stereocenters. The second-order valence-corrected chi connectivity index (χ2v) is 5.24. The van der Waals surface area contributed by atoms with E-state index in [4.69, 9.17) is 5.73 Å². The van der Waals surface area contributed by atoms with E-state index in [9.17, 15) is 0 Å². The van der Waals surface area contributed by atoms with Crippen LogP contribution in [0, 0.1) is 0 Å². The lowest BCUT2D eigenvalue weighted by Crippen LogP contribution is -2.28. The molecular formula is C17H19N2+. The molecular weight excluding hydrogens is 232 g/mol. The number of aryl methyl sites for hydroxylation is 2. The molecule has 2 N–H and O–H groups in total. The molecule has 96 valence electrons. The zero-order valence-electron chi connectivity index (χ0n) is 11.3. The van der Waals surface area contributed by atoms with Gasteiger partial charge in [-0.05, 0) is 48.1 Å². The summed E-state index contributed by atoms with van der Waals surface area (Å²) in [5.74, 6) is 0. The molecule has 0 radical (unpaired) electrons. The van der Waals surface area contributed by atoms with Crippen LogP contribution in [0.15, 0.2) is 42.7 Å². The van der Waals surface area contributed by atoms with Crippen LogP contribution in [-0.4, -0.2) is 0 Å². The summed E-state index contributed by atoms with van der Waals surface area (Å²) in [5, 5.41) is 0. The highest BCUT2D eigenvalue weighted by atomic mass is 14.9. The first-order valence-electron chi connectivity index (χ1n) is 6.77. The summed E-state index contributed by atoms with van der Waals surface area (Å²) in [6.07, 6.45) is 10.2. The molecule has 1 aliphatic carbocycles. The molecule has 0 saturated heterocycles. The van der Waals surface area contributed by atoms with E-state index in [2.05, 4.69) is 48.3 Å². The monoisotopic (exact) mass is 251 g/mol. The maximum Gasteiger partial charge on any atom is 0.172 e. The van der Waals surface area contributed by atoms with E-state index < -0.39 is 0 Å². The van der Waals surface area contributed by atoms with Gasteiger partial charge in [0.2, 0.25) is 0 Å². The number of allylic oxidation sites excluding steroid dienone is 1. The Bertz CT molecular complexity index is 624. The fourth-order valence-electron chi connectivity index (χ4n) is 2.72. The third kappa shape index (κ3) is 2.53. The van der Waals surface area contributed by atoms with Gasteiger partial charge in [0, 0.05) is 17.3 Å². The SMILES string of the molecule is C[n+]1ccc2c(c1)CCC/C2=C\c1ccc(N)cc1. The highest BCUT2D eigenvalue weighted by Gasteiger charge is 2.16. The first-order chi connectivity index (χ1) is 9.22. The van der Waals surface area contributed by atoms with Crippen LogP contribution in [-0.2, 0) is 13.5 Å². The lowest BCUT2D eigenvalue weighted by Gasteiger charge is -2.17. The van der Waals surface area contributed by atoms with E-state index in [-0.39, 0.29) is 0 Å². The van der Waals surface area contributed by atoms with Gasteiger partial charge >= 0.3 is 0 Å². The van der Waals surface area contributed by atoms with Crippen LogP contribution in [0.4, 0.5) is 5.69 Å².